The molecule has 0 bridgehead atoms. The van der Waals surface area contributed by atoms with Crippen LogP contribution >= 0.6 is 11.3 Å². The number of aromatic nitrogens is 1. The number of piperazine rings is 1. The summed E-state index contributed by atoms with van der Waals surface area (Å²) in [7, 11) is 0. The van der Waals surface area contributed by atoms with E-state index in [4.69, 9.17) is 4.98 Å². The number of nitrogens with zero attached hydrogens (tertiary/aromatic N) is 3. The van der Waals surface area contributed by atoms with E-state index in [0.29, 0.717) is 5.13 Å². The number of benzene rings is 2. The van der Waals surface area contributed by atoms with Gasteiger partial charge in [0.15, 0.2) is 5.13 Å². The largest absolute Gasteiger partial charge is 0.327 e. The van der Waals surface area contributed by atoms with Gasteiger partial charge < -0.3 is 9.80 Å². The third-order valence-electron chi connectivity index (χ3n) is 5.27. The van der Waals surface area contributed by atoms with Gasteiger partial charge >= 0.3 is 0 Å². The third kappa shape index (κ3) is 4.58. The van der Waals surface area contributed by atoms with Gasteiger partial charge in [-0.1, -0.05) is 36.4 Å². The van der Waals surface area contributed by atoms with E-state index in [9.17, 15) is 9.59 Å². The Labute approximate surface area is 180 Å². The number of hydrogen-bond donors (Lipinski definition) is 1. The fourth-order valence-corrected chi connectivity index (χ4v) is 4.59. The molecule has 2 aromatic carbocycles. The minimum absolute atomic E-state index is 0.0533. The van der Waals surface area contributed by atoms with Gasteiger partial charge in [0.05, 0.1) is 31.9 Å². The van der Waals surface area contributed by atoms with Gasteiger partial charge in [-0.05, 0) is 24.3 Å². The summed E-state index contributed by atoms with van der Waals surface area (Å²) in [6.45, 7) is 5.61. The lowest BCUT2D eigenvalue weighted by Crippen LogP contribution is -3.13. The van der Waals surface area contributed by atoms with Crippen molar-refractivity contribution in [3.8, 4) is 0 Å². The lowest BCUT2D eigenvalue weighted by molar-refractivity contribution is -0.917. The first kappa shape index (κ1) is 20.3. The minimum Gasteiger partial charge on any atom is -0.327 e. The van der Waals surface area contributed by atoms with Gasteiger partial charge in [0.2, 0.25) is 5.91 Å². The SMILES string of the molecule is CC(=O)N(c1ccccc1)c1nc(C[NH+]2CCN(C(=O)c3ccccc3)CC2)cs1. The van der Waals surface area contributed by atoms with Crippen LogP contribution in [0, 0.1) is 0 Å². The van der Waals surface area contributed by atoms with Crippen LogP contribution < -0.4 is 9.80 Å². The summed E-state index contributed by atoms with van der Waals surface area (Å²) in [6, 6.07) is 19.0. The zero-order chi connectivity index (χ0) is 20.9. The number of para-hydroxylation sites is 1. The highest BCUT2D eigenvalue weighted by Gasteiger charge is 2.25. The number of rotatable bonds is 5. The summed E-state index contributed by atoms with van der Waals surface area (Å²) < 4.78 is 0. The third-order valence-corrected chi connectivity index (χ3v) is 6.14. The number of hydrogen-bond acceptors (Lipinski definition) is 4. The Balaban J connectivity index is 1.37. The Morgan fingerprint density at radius 2 is 1.67 bits per heavy atom. The molecule has 0 unspecified atom stereocenters. The molecule has 30 heavy (non-hydrogen) atoms. The molecular formula is C23H25N4O2S+. The number of carbonyl (C=O) groups excluding carboxylic acids is 2. The number of carbonyl (C=O) groups is 2. The number of amides is 2. The lowest BCUT2D eigenvalue weighted by Gasteiger charge is -2.32. The molecule has 2 heterocycles. The van der Waals surface area contributed by atoms with Crippen molar-refractivity contribution in [2.75, 3.05) is 31.1 Å². The first-order chi connectivity index (χ1) is 14.6. The summed E-state index contributed by atoms with van der Waals surface area (Å²) in [4.78, 5) is 34.5. The molecule has 154 valence electrons. The Morgan fingerprint density at radius 1 is 1.03 bits per heavy atom. The standard InChI is InChI=1S/C23H24N4O2S/c1-18(28)27(21-10-6-3-7-11-21)23-24-20(17-30-23)16-25-12-14-26(15-13-25)22(29)19-8-4-2-5-9-19/h2-11,17H,12-16H2,1H3/p+1. The van der Waals surface area contributed by atoms with E-state index in [1.54, 1.807) is 11.8 Å². The van der Waals surface area contributed by atoms with Crippen LogP contribution in [0.5, 0.6) is 0 Å². The number of quaternary nitrogens is 1. The zero-order valence-electron chi connectivity index (χ0n) is 17.0. The second-order valence-corrected chi connectivity index (χ2v) is 8.23. The maximum Gasteiger partial charge on any atom is 0.254 e. The number of nitrogens with one attached hydrogen (secondary N) is 1. The van der Waals surface area contributed by atoms with Crippen molar-refractivity contribution in [3.05, 3.63) is 77.3 Å². The van der Waals surface area contributed by atoms with Crippen molar-refractivity contribution >= 4 is 34.0 Å². The van der Waals surface area contributed by atoms with Crippen LogP contribution in [-0.4, -0.2) is 47.9 Å². The Bertz CT molecular complexity index is 998. The molecule has 1 aliphatic heterocycles. The molecule has 7 heteroatoms. The van der Waals surface area contributed by atoms with Crippen LogP contribution in [0.4, 0.5) is 10.8 Å². The fraction of sp³-hybridized carbons (Fsp3) is 0.261. The average molecular weight is 422 g/mol. The van der Waals surface area contributed by atoms with Crippen molar-refractivity contribution in [1.82, 2.24) is 9.88 Å². The van der Waals surface area contributed by atoms with Gasteiger partial charge in [0.25, 0.3) is 5.91 Å². The van der Waals surface area contributed by atoms with E-state index in [2.05, 4.69) is 0 Å². The molecule has 2 amide bonds. The van der Waals surface area contributed by atoms with Crippen LogP contribution in [0.3, 0.4) is 0 Å². The van der Waals surface area contributed by atoms with Crippen molar-refractivity contribution in [3.63, 3.8) is 0 Å². The van der Waals surface area contributed by atoms with Gasteiger partial charge in [-0.2, -0.15) is 0 Å². The molecule has 4 rings (SSSR count). The Morgan fingerprint density at radius 3 is 2.30 bits per heavy atom. The molecule has 6 nitrogen and oxygen atoms in total. The maximum absolute atomic E-state index is 12.6. The predicted molar refractivity (Wildman–Crippen MR) is 118 cm³/mol. The van der Waals surface area contributed by atoms with E-state index in [-0.39, 0.29) is 11.8 Å². The highest BCUT2D eigenvalue weighted by atomic mass is 32.1. The fourth-order valence-electron chi connectivity index (χ4n) is 3.71. The molecule has 1 aromatic heterocycles. The molecule has 0 atom stereocenters. The van der Waals surface area contributed by atoms with Crippen LogP contribution in [0.25, 0.3) is 0 Å². The van der Waals surface area contributed by atoms with E-state index >= 15 is 0 Å². The van der Waals surface area contributed by atoms with Gasteiger partial charge in [0.1, 0.15) is 12.2 Å². The summed E-state index contributed by atoms with van der Waals surface area (Å²) in [5, 5.41) is 2.73. The molecule has 1 fully saturated rings. The van der Waals surface area contributed by atoms with Crippen molar-refractivity contribution in [2.24, 2.45) is 0 Å². The summed E-state index contributed by atoms with van der Waals surface area (Å²) in [5.41, 5.74) is 2.55. The maximum atomic E-state index is 12.6. The highest BCUT2D eigenvalue weighted by Crippen LogP contribution is 2.28. The Hall–Kier alpha value is -3.03. The van der Waals surface area contributed by atoms with Crippen LogP contribution in [0.2, 0.25) is 0 Å². The predicted octanol–water partition coefficient (Wildman–Crippen LogP) is 2.37. The first-order valence-electron chi connectivity index (χ1n) is 10.1. The molecule has 1 N–H and O–H groups in total. The van der Waals surface area contributed by atoms with Crippen LogP contribution in [0.15, 0.2) is 66.0 Å². The molecular weight excluding hydrogens is 396 g/mol. The molecule has 0 radical (unpaired) electrons. The summed E-state index contributed by atoms with van der Waals surface area (Å²) >= 11 is 1.49. The van der Waals surface area contributed by atoms with Crippen molar-refractivity contribution in [2.45, 2.75) is 13.5 Å². The normalized spacial score (nSPS) is 14.5. The first-order valence-corrected chi connectivity index (χ1v) is 11.0. The van der Waals surface area contributed by atoms with E-state index in [1.165, 1.54) is 16.2 Å². The van der Waals surface area contributed by atoms with Gasteiger partial charge in [0, 0.05) is 17.9 Å². The van der Waals surface area contributed by atoms with E-state index in [0.717, 1.165) is 49.7 Å². The quantitative estimate of drug-likeness (QED) is 0.688. The van der Waals surface area contributed by atoms with Gasteiger partial charge in [-0.15, -0.1) is 11.3 Å². The molecule has 1 aliphatic rings. The molecule has 0 spiro atoms. The van der Waals surface area contributed by atoms with Crippen molar-refractivity contribution < 1.29 is 14.5 Å². The van der Waals surface area contributed by atoms with E-state index in [1.807, 2.05) is 70.9 Å². The molecule has 3 aromatic rings. The number of anilines is 2. The van der Waals surface area contributed by atoms with Crippen LogP contribution in [0.1, 0.15) is 23.0 Å². The number of thiazole rings is 1. The topological polar surface area (TPSA) is 58.0 Å². The van der Waals surface area contributed by atoms with Crippen LogP contribution in [-0.2, 0) is 11.3 Å². The minimum atomic E-state index is -0.0533. The molecule has 0 saturated carbocycles. The smallest absolute Gasteiger partial charge is 0.254 e. The average Bonchev–Trinajstić information content (AvgIpc) is 3.22. The van der Waals surface area contributed by atoms with Crippen molar-refractivity contribution in [1.29, 1.82) is 0 Å². The van der Waals surface area contributed by atoms with Gasteiger partial charge in [-0.3, -0.25) is 14.5 Å². The lowest BCUT2D eigenvalue weighted by atomic mass is 10.2. The molecule has 1 saturated heterocycles. The zero-order valence-corrected chi connectivity index (χ0v) is 17.8. The molecule has 0 aliphatic carbocycles. The van der Waals surface area contributed by atoms with Gasteiger partial charge in [-0.25, -0.2) is 4.98 Å². The second kappa shape index (κ2) is 9.19. The second-order valence-electron chi connectivity index (χ2n) is 7.40. The monoisotopic (exact) mass is 421 g/mol. The van der Waals surface area contributed by atoms with E-state index < -0.39 is 0 Å². The summed E-state index contributed by atoms with van der Waals surface area (Å²) in [5.74, 6) is 0.0491. The Kier molecular flexibility index (Phi) is 6.21. The summed E-state index contributed by atoms with van der Waals surface area (Å²) in [6.07, 6.45) is 0. The highest BCUT2D eigenvalue weighted by molar-refractivity contribution is 7.14.